The van der Waals surface area contributed by atoms with E-state index in [-0.39, 0.29) is 18.6 Å². The Morgan fingerprint density at radius 3 is 2.62 bits per heavy atom. The van der Waals surface area contributed by atoms with Gasteiger partial charge in [0.25, 0.3) is 5.92 Å². The van der Waals surface area contributed by atoms with Crippen molar-refractivity contribution in [3.8, 4) is 6.07 Å². The number of nitriles is 1. The van der Waals surface area contributed by atoms with E-state index in [9.17, 15) is 18.4 Å². The maximum atomic E-state index is 13.3. The van der Waals surface area contributed by atoms with Crippen LogP contribution in [0.4, 0.5) is 8.78 Å². The number of carbonyl (C=O) groups excluding carboxylic acids is 2. The molecule has 1 saturated heterocycles. The maximum absolute atomic E-state index is 13.3. The Bertz CT molecular complexity index is 1000. The fraction of sp³-hybridized carbons (Fsp3) is 0.238. The van der Waals surface area contributed by atoms with Crippen LogP contribution in [0.3, 0.4) is 0 Å². The van der Waals surface area contributed by atoms with Crippen LogP contribution in [0.1, 0.15) is 34.3 Å². The first kappa shape index (κ1) is 20.6. The summed E-state index contributed by atoms with van der Waals surface area (Å²) in [6.45, 7) is -0.789. The van der Waals surface area contributed by atoms with Gasteiger partial charge in [0.15, 0.2) is 11.8 Å². The topological polar surface area (TPSA) is 74.1 Å². The lowest BCUT2D eigenvalue weighted by molar-refractivity contribution is -0.181. The summed E-state index contributed by atoms with van der Waals surface area (Å²) >= 11 is 5.86. The number of pyridine rings is 1. The van der Waals surface area contributed by atoms with Crippen LogP contribution >= 0.6 is 11.6 Å². The predicted octanol–water partition coefficient (Wildman–Crippen LogP) is 4.24. The van der Waals surface area contributed by atoms with Gasteiger partial charge in [0.1, 0.15) is 0 Å². The summed E-state index contributed by atoms with van der Waals surface area (Å²) in [4.78, 5) is 29.5. The van der Waals surface area contributed by atoms with E-state index in [2.05, 4.69) is 4.98 Å². The molecular weight excluding hydrogens is 400 g/mol. The number of nitrogens with zero attached hydrogens (tertiary/aromatic N) is 3. The molecule has 2 heterocycles. The van der Waals surface area contributed by atoms with Crippen LogP contribution in [0.5, 0.6) is 0 Å². The number of benzene rings is 1. The van der Waals surface area contributed by atoms with Crippen LogP contribution in [0.25, 0.3) is 12.2 Å². The van der Waals surface area contributed by atoms with Crippen molar-refractivity contribution in [2.75, 3.05) is 6.54 Å². The summed E-state index contributed by atoms with van der Waals surface area (Å²) in [7, 11) is 0. The molecule has 2 aromatic rings. The number of hydrogen-bond acceptors (Lipinski definition) is 4. The van der Waals surface area contributed by atoms with Gasteiger partial charge in [0, 0.05) is 41.4 Å². The second-order valence-corrected chi connectivity index (χ2v) is 7.02. The summed E-state index contributed by atoms with van der Waals surface area (Å²) in [6, 6.07) is 8.36. The van der Waals surface area contributed by atoms with Crippen LogP contribution in [-0.2, 0) is 4.79 Å². The van der Waals surface area contributed by atoms with Gasteiger partial charge >= 0.3 is 0 Å². The summed E-state index contributed by atoms with van der Waals surface area (Å²) < 4.78 is 26.5. The molecular formula is C21H16ClF2N3O2. The van der Waals surface area contributed by atoms with Crippen molar-refractivity contribution in [1.82, 2.24) is 9.88 Å². The highest BCUT2D eigenvalue weighted by Gasteiger charge is 2.57. The van der Waals surface area contributed by atoms with Crippen LogP contribution in [0, 0.1) is 11.3 Å². The van der Waals surface area contributed by atoms with Crippen LogP contribution in [-0.4, -0.2) is 40.1 Å². The number of Topliss-reactive ketones (excluding diaryl/α,β-unsaturated/α-hetero) is 1. The van der Waals surface area contributed by atoms with Crippen molar-refractivity contribution in [2.45, 2.75) is 24.8 Å². The number of hydrogen-bond donors (Lipinski definition) is 0. The molecule has 0 unspecified atom stereocenters. The second kappa shape index (κ2) is 8.50. The van der Waals surface area contributed by atoms with Crippen molar-refractivity contribution >= 4 is 35.4 Å². The first-order chi connectivity index (χ1) is 13.8. The van der Waals surface area contributed by atoms with E-state index in [1.807, 2.05) is 12.1 Å². The molecule has 0 saturated carbocycles. The molecule has 5 nitrogen and oxygen atoms in total. The van der Waals surface area contributed by atoms with E-state index in [0.29, 0.717) is 16.1 Å². The number of likely N-dealkylation sites (tertiary alicyclic amines) is 1. The number of carbonyl (C=O) groups is 2. The van der Waals surface area contributed by atoms with Gasteiger partial charge in [0.2, 0.25) is 5.91 Å². The van der Waals surface area contributed by atoms with E-state index in [1.54, 1.807) is 30.4 Å². The fourth-order valence-electron chi connectivity index (χ4n) is 2.97. The summed E-state index contributed by atoms with van der Waals surface area (Å²) in [5.74, 6) is -4.14. The first-order valence-electron chi connectivity index (χ1n) is 8.79. The Kier molecular flexibility index (Phi) is 6.04. The lowest BCUT2D eigenvalue weighted by Crippen LogP contribution is -2.66. The van der Waals surface area contributed by atoms with Crippen LogP contribution in [0.15, 0.2) is 42.7 Å². The van der Waals surface area contributed by atoms with Crippen molar-refractivity contribution in [3.05, 3.63) is 64.4 Å². The smallest absolute Gasteiger partial charge is 0.298 e. The molecule has 3 rings (SSSR count). The van der Waals surface area contributed by atoms with E-state index >= 15 is 0 Å². The second-order valence-electron chi connectivity index (χ2n) is 6.59. The molecule has 1 aliphatic rings. The Labute approximate surface area is 171 Å². The molecule has 0 radical (unpaired) electrons. The molecule has 0 aliphatic carbocycles. The molecule has 0 bridgehead atoms. The van der Waals surface area contributed by atoms with Gasteiger partial charge in [-0.25, -0.2) is 8.78 Å². The lowest BCUT2D eigenvalue weighted by atomic mass is 9.97. The highest BCUT2D eigenvalue weighted by atomic mass is 35.5. The van der Waals surface area contributed by atoms with Crippen LogP contribution < -0.4 is 0 Å². The number of alkyl halides is 2. The molecule has 148 valence electrons. The van der Waals surface area contributed by atoms with Crippen molar-refractivity contribution in [3.63, 3.8) is 0 Å². The largest absolute Gasteiger partial charge is 0.315 e. The molecule has 8 heteroatoms. The van der Waals surface area contributed by atoms with Crippen LogP contribution in [0.2, 0.25) is 5.02 Å². The molecule has 1 aromatic heterocycles. The van der Waals surface area contributed by atoms with E-state index < -0.39 is 24.4 Å². The normalized spacial score (nSPS) is 17.6. The zero-order chi connectivity index (χ0) is 21.0. The molecule has 1 fully saturated rings. The summed E-state index contributed by atoms with van der Waals surface area (Å²) in [5, 5.41) is 9.40. The van der Waals surface area contributed by atoms with Gasteiger partial charge in [-0.3, -0.25) is 14.6 Å². The fourth-order valence-corrected chi connectivity index (χ4v) is 3.09. The minimum Gasteiger partial charge on any atom is -0.315 e. The zero-order valence-corrected chi connectivity index (χ0v) is 15.9. The Morgan fingerprint density at radius 1 is 1.24 bits per heavy atom. The zero-order valence-electron chi connectivity index (χ0n) is 15.2. The molecule has 1 atom stereocenters. The first-order valence-corrected chi connectivity index (χ1v) is 9.17. The average Bonchev–Trinajstić information content (AvgIpc) is 2.70. The van der Waals surface area contributed by atoms with Crippen molar-refractivity contribution in [1.29, 1.82) is 5.26 Å². The molecule has 29 heavy (non-hydrogen) atoms. The summed E-state index contributed by atoms with van der Waals surface area (Å²) in [5.41, 5.74) is 1.84. The lowest BCUT2D eigenvalue weighted by Gasteiger charge is -2.43. The quantitative estimate of drug-likeness (QED) is 0.661. The average molecular weight is 416 g/mol. The Balaban J connectivity index is 1.65. The van der Waals surface area contributed by atoms with E-state index in [0.717, 1.165) is 10.5 Å². The standard InChI is InChI=1S/C21H16ClF2N3O2/c22-16-5-2-14(3-6-16)1-4-15-12-26-10-9-17(15)18(28)7-8-20(29)27-13-21(23,24)19(27)11-25/h1-6,9-10,12,19H,7-8,13H2/b4-1+/t19-/m1/s1. The number of rotatable bonds is 6. The molecule has 1 aliphatic heterocycles. The monoisotopic (exact) mass is 415 g/mol. The number of halogens is 3. The molecule has 0 spiro atoms. The minimum absolute atomic E-state index is 0.148. The number of aromatic nitrogens is 1. The maximum Gasteiger partial charge on any atom is 0.298 e. The van der Waals surface area contributed by atoms with Gasteiger partial charge in [-0.2, -0.15) is 5.26 Å². The third-order valence-corrected chi connectivity index (χ3v) is 4.83. The Hall–Kier alpha value is -3.11. The van der Waals surface area contributed by atoms with Gasteiger partial charge in [-0.05, 0) is 23.8 Å². The number of amides is 1. The van der Waals surface area contributed by atoms with Gasteiger partial charge in [-0.15, -0.1) is 0 Å². The van der Waals surface area contributed by atoms with Gasteiger partial charge in [-0.1, -0.05) is 35.9 Å². The highest BCUT2D eigenvalue weighted by molar-refractivity contribution is 6.30. The Morgan fingerprint density at radius 2 is 1.97 bits per heavy atom. The van der Waals surface area contributed by atoms with E-state index in [1.165, 1.54) is 18.5 Å². The number of ketones is 1. The predicted molar refractivity (Wildman–Crippen MR) is 104 cm³/mol. The molecule has 0 N–H and O–H groups in total. The highest BCUT2D eigenvalue weighted by Crippen LogP contribution is 2.34. The third-order valence-electron chi connectivity index (χ3n) is 4.58. The summed E-state index contributed by atoms with van der Waals surface area (Å²) in [6.07, 6.45) is 6.14. The van der Waals surface area contributed by atoms with Crippen molar-refractivity contribution < 1.29 is 18.4 Å². The SMILES string of the molecule is N#C[C@H]1N(C(=O)CCC(=O)c2ccncc2/C=C/c2ccc(Cl)cc2)CC1(F)F. The van der Waals surface area contributed by atoms with Gasteiger partial charge in [0.05, 0.1) is 12.6 Å². The third kappa shape index (κ3) is 4.66. The minimum atomic E-state index is -3.20. The van der Waals surface area contributed by atoms with Gasteiger partial charge < -0.3 is 4.90 Å². The molecule has 1 aromatic carbocycles. The van der Waals surface area contributed by atoms with Crippen molar-refractivity contribution in [2.24, 2.45) is 0 Å². The molecule has 1 amide bonds. The van der Waals surface area contributed by atoms with E-state index in [4.69, 9.17) is 16.9 Å².